The van der Waals surface area contributed by atoms with Gasteiger partial charge in [-0.1, -0.05) is 24.8 Å². The summed E-state index contributed by atoms with van der Waals surface area (Å²) in [6, 6.07) is 7.15. The molecule has 2 rings (SSSR count). The van der Waals surface area contributed by atoms with E-state index in [1.807, 2.05) is 12.1 Å². The molecule has 3 nitrogen and oxygen atoms in total. The van der Waals surface area contributed by atoms with Crippen LogP contribution in [0.4, 0.5) is 0 Å². The number of hydrogen-bond donors (Lipinski definition) is 0. The van der Waals surface area contributed by atoms with Gasteiger partial charge in [-0.05, 0) is 30.5 Å². The van der Waals surface area contributed by atoms with Gasteiger partial charge in [-0.15, -0.1) is 0 Å². The molecule has 0 radical (unpaired) electrons. The van der Waals surface area contributed by atoms with Crippen molar-refractivity contribution >= 4 is 12.0 Å². The maximum atomic E-state index is 11.8. The van der Waals surface area contributed by atoms with Gasteiger partial charge in [0.05, 0.1) is 12.2 Å². The summed E-state index contributed by atoms with van der Waals surface area (Å²) in [5.41, 5.74) is 1.53. The molecule has 0 saturated carbocycles. The van der Waals surface area contributed by atoms with Crippen LogP contribution in [0.2, 0.25) is 0 Å². The Morgan fingerprint density at radius 3 is 2.71 bits per heavy atom. The third kappa shape index (κ3) is 3.17. The smallest absolute Gasteiger partial charge is 0.340 e. The highest BCUT2D eigenvalue weighted by molar-refractivity contribution is 5.89. The number of carbonyl (C=O) groups excluding carboxylic acids is 1. The summed E-state index contributed by atoms with van der Waals surface area (Å²) >= 11 is 0. The summed E-state index contributed by atoms with van der Waals surface area (Å²) < 4.78 is 10.6. The van der Waals surface area contributed by atoms with Crippen molar-refractivity contribution in [3.8, 4) is 0 Å². The molecule has 0 bridgehead atoms. The van der Waals surface area contributed by atoms with Crippen molar-refractivity contribution in [1.82, 2.24) is 0 Å². The van der Waals surface area contributed by atoms with Gasteiger partial charge in [-0.25, -0.2) is 4.79 Å². The zero-order valence-electron chi connectivity index (χ0n) is 9.72. The summed E-state index contributed by atoms with van der Waals surface area (Å²) in [5, 5.41) is 0. The Balaban J connectivity index is 1.95. The normalized spacial score (nSPS) is 19.6. The Labute approximate surface area is 101 Å². The predicted molar refractivity (Wildman–Crippen MR) is 65.5 cm³/mol. The molecule has 0 aromatic heterocycles. The second kappa shape index (κ2) is 5.64. The topological polar surface area (TPSA) is 35.5 Å². The van der Waals surface area contributed by atoms with Crippen molar-refractivity contribution in [3.05, 3.63) is 42.0 Å². The van der Waals surface area contributed by atoms with Crippen molar-refractivity contribution in [2.75, 3.05) is 6.61 Å². The van der Waals surface area contributed by atoms with Crippen LogP contribution in [0, 0.1) is 0 Å². The van der Waals surface area contributed by atoms with Crippen LogP contribution in [0.5, 0.6) is 0 Å². The maximum Gasteiger partial charge on any atom is 0.340 e. The van der Waals surface area contributed by atoms with E-state index in [4.69, 9.17) is 9.47 Å². The lowest BCUT2D eigenvalue weighted by atomic mass is 10.1. The molecule has 1 aliphatic heterocycles. The lowest BCUT2D eigenvalue weighted by Gasteiger charge is -2.22. The second-order valence-corrected chi connectivity index (χ2v) is 4.03. The molecule has 0 aliphatic carbocycles. The number of hydrogen-bond acceptors (Lipinski definition) is 3. The molecule has 1 aliphatic rings. The van der Waals surface area contributed by atoms with Crippen LogP contribution in [0.25, 0.3) is 6.08 Å². The molecule has 17 heavy (non-hydrogen) atoms. The molecular formula is C14H16O3. The third-order valence-electron chi connectivity index (χ3n) is 2.76. The lowest BCUT2D eigenvalue weighted by Crippen LogP contribution is -2.25. The Morgan fingerprint density at radius 1 is 1.35 bits per heavy atom. The van der Waals surface area contributed by atoms with Crippen molar-refractivity contribution in [3.63, 3.8) is 0 Å². The molecule has 1 fully saturated rings. The molecule has 1 unspecified atom stereocenters. The number of rotatable bonds is 3. The van der Waals surface area contributed by atoms with E-state index < -0.39 is 0 Å². The highest BCUT2D eigenvalue weighted by Crippen LogP contribution is 2.16. The van der Waals surface area contributed by atoms with Gasteiger partial charge in [-0.3, -0.25) is 0 Å². The third-order valence-corrected chi connectivity index (χ3v) is 2.76. The average Bonchev–Trinajstić information content (AvgIpc) is 2.40. The maximum absolute atomic E-state index is 11.8. The molecule has 3 heteroatoms. The molecular weight excluding hydrogens is 216 g/mol. The first kappa shape index (κ1) is 11.9. The Hall–Kier alpha value is -1.61. The molecule has 1 aromatic carbocycles. The molecule has 0 spiro atoms. The van der Waals surface area contributed by atoms with Gasteiger partial charge in [-0.2, -0.15) is 0 Å². The van der Waals surface area contributed by atoms with E-state index in [-0.39, 0.29) is 12.3 Å². The fourth-order valence-electron chi connectivity index (χ4n) is 1.75. The minimum atomic E-state index is -0.379. The van der Waals surface area contributed by atoms with Gasteiger partial charge < -0.3 is 9.47 Å². The molecule has 0 N–H and O–H groups in total. The van der Waals surface area contributed by atoms with Gasteiger partial charge in [0.15, 0.2) is 0 Å². The number of benzene rings is 1. The summed E-state index contributed by atoms with van der Waals surface area (Å²) in [5.74, 6) is -0.326. The first-order valence-corrected chi connectivity index (χ1v) is 5.84. The zero-order chi connectivity index (χ0) is 12.1. The van der Waals surface area contributed by atoms with Crippen LogP contribution in [0.15, 0.2) is 30.8 Å². The highest BCUT2D eigenvalue weighted by atomic mass is 16.7. The summed E-state index contributed by atoms with van der Waals surface area (Å²) in [6.45, 7) is 4.34. The van der Waals surface area contributed by atoms with E-state index in [0.717, 1.165) is 24.8 Å². The SMILES string of the molecule is C=Cc1ccc(C(=O)OC2CCCCO2)cc1. The van der Waals surface area contributed by atoms with Crippen LogP contribution in [0.1, 0.15) is 35.2 Å². The van der Waals surface area contributed by atoms with Crippen molar-refractivity contribution in [1.29, 1.82) is 0 Å². The predicted octanol–water partition coefficient (Wildman–Crippen LogP) is 3.01. The standard InChI is InChI=1S/C14H16O3/c1-2-11-6-8-12(9-7-11)14(15)17-13-5-3-4-10-16-13/h2,6-9,13H,1,3-5,10H2. The molecule has 1 heterocycles. The Bertz CT molecular complexity index is 388. The van der Waals surface area contributed by atoms with E-state index in [0.29, 0.717) is 12.2 Å². The summed E-state index contributed by atoms with van der Waals surface area (Å²) in [4.78, 5) is 11.8. The van der Waals surface area contributed by atoms with Gasteiger partial charge in [0, 0.05) is 6.42 Å². The largest absolute Gasteiger partial charge is 0.432 e. The van der Waals surface area contributed by atoms with E-state index in [1.54, 1.807) is 18.2 Å². The first-order chi connectivity index (χ1) is 8.29. The summed E-state index contributed by atoms with van der Waals surface area (Å²) in [7, 11) is 0. The van der Waals surface area contributed by atoms with Gasteiger partial charge in [0.25, 0.3) is 0 Å². The van der Waals surface area contributed by atoms with Crippen LogP contribution < -0.4 is 0 Å². The molecule has 1 aromatic rings. The van der Waals surface area contributed by atoms with Crippen molar-refractivity contribution < 1.29 is 14.3 Å². The number of esters is 1. The Kier molecular flexibility index (Phi) is 3.94. The van der Waals surface area contributed by atoms with E-state index >= 15 is 0 Å². The summed E-state index contributed by atoms with van der Waals surface area (Å²) in [6.07, 6.45) is 4.24. The minimum Gasteiger partial charge on any atom is -0.432 e. The van der Waals surface area contributed by atoms with Crippen LogP contribution in [0.3, 0.4) is 0 Å². The van der Waals surface area contributed by atoms with Crippen LogP contribution in [-0.4, -0.2) is 18.9 Å². The fourth-order valence-corrected chi connectivity index (χ4v) is 1.75. The fraction of sp³-hybridized carbons (Fsp3) is 0.357. The van der Waals surface area contributed by atoms with E-state index in [9.17, 15) is 4.79 Å². The number of ether oxygens (including phenoxy) is 2. The molecule has 1 saturated heterocycles. The number of carbonyl (C=O) groups is 1. The first-order valence-electron chi connectivity index (χ1n) is 5.84. The van der Waals surface area contributed by atoms with Crippen molar-refractivity contribution in [2.24, 2.45) is 0 Å². The molecule has 90 valence electrons. The van der Waals surface area contributed by atoms with Crippen LogP contribution in [-0.2, 0) is 9.47 Å². The zero-order valence-corrected chi connectivity index (χ0v) is 9.72. The second-order valence-electron chi connectivity index (χ2n) is 4.03. The molecule has 0 amide bonds. The minimum absolute atomic E-state index is 0.326. The Morgan fingerprint density at radius 2 is 2.12 bits per heavy atom. The monoisotopic (exact) mass is 232 g/mol. The van der Waals surface area contributed by atoms with Gasteiger partial charge in [0.2, 0.25) is 6.29 Å². The highest BCUT2D eigenvalue weighted by Gasteiger charge is 2.18. The van der Waals surface area contributed by atoms with Gasteiger partial charge >= 0.3 is 5.97 Å². The quantitative estimate of drug-likeness (QED) is 0.751. The average molecular weight is 232 g/mol. The van der Waals surface area contributed by atoms with Crippen LogP contribution >= 0.6 is 0 Å². The van der Waals surface area contributed by atoms with E-state index in [2.05, 4.69) is 6.58 Å². The lowest BCUT2D eigenvalue weighted by molar-refractivity contribution is -0.130. The van der Waals surface area contributed by atoms with Crippen molar-refractivity contribution in [2.45, 2.75) is 25.6 Å². The van der Waals surface area contributed by atoms with Gasteiger partial charge in [0.1, 0.15) is 0 Å². The van der Waals surface area contributed by atoms with E-state index in [1.165, 1.54) is 0 Å². The molecule has 1 atom stereocenters.